The van der Waals surface area contributed by atoms with Crippen molar-refractivity contribution in [2.75, 3.05) is 13.1 Å². The van der Waals surface area contributed by atoms with E-state index < -0.39 is 11.7 Å². The molecule has 0 bridgehead atoms. The third-order valence-electron chi connectivity index (χ3n) is 2.94. The van der Waals surface area contributed by atoms with Crippen LogP contribution in [0.3, 0.4) is 0 Å². The van der Waals surface area contributed by atoms with Crippen molar-refractivity contribution in [2.24, 2.45) is 5.92 Å². The summed E-state index contributed by atoms with van der Waals surface area (Å²) in [6.07, 6.45) is -4.59. The number of hydrogen-bond donors (Lipinski definition) is 1. The van der Waals surface area contributed by atoms with Gasteiger partial charge in [0.25, 0.3) is 0 Å². The van der Waals surface area contributed by atoms with Crippen LogP contribution in [0, 0.1) is 5.92 Å². The first kappa shape index (κ1) is 15.7. The molecule has 2 nitrogen and oxygen atoms in total. The van der Waals surface area contributed by atoms with Gasteiger partial charge in [0.05, 0.1) is 5.56 Å². The SMILES string of the molecule is CCNCC(C)C(=O)Cc1ccccc1C(F)(F)F. The Balaban J connectivity index is 2.80. The van der Waals surface area contributed by atoms with Crippen molar-refractivity contribution < 1.29 is 18.0 Å². The number of rotatable bonds is 6. The van der Waals surface area contributed by atoms with E-state index in [0.717, 1.165) is 12.6 Å². The van der Waals surface area contributed by atoms with Crippen molar-refractivity contribution in [1.29, 1.82) is 0 Å². The number of alkyl halides is 3. The fraction of sp³-hybridized carbons (Fsp3) is 0.500. The highest BCUT2D eigenvalue weighted by Crippen LogP contribution is 2.32. The molecule has 0 saturated heterocycles. The zero-order valence-corrected chi connectivity index (χ0v) is 11.1. The predicted octanol–water partition coefficient (Wildman–Crippen LogP) is 3.06. The smallest absolute Gasteiger partial charge is 0.316 e. The lowest BCUT2D eigenvalue weighted by molar-refractivity contribution is -0.138. The largest absolute Gasteiger partial charge is 0.416 e. The maximum atomic E-state index is 12.8. The van der Waals surface area contributed by atoms with Crippen molar-refractivity contribution in [1.82, 2.24) is 5.32 Å². The van der Waals surface area contributed by atoms with Gasteiger partial charge >= 0.3 is 6.18 Å². The minimum Gasteiger partial charge on any atom is -0.316 e. The Morgan fingerprint density at radius 1 is 1.32 bits per heavy atom. The van der Waals surface area contributed by atoms with Crippen molar-refractivity contribution >= 4 is 5.78 Å². The average molecular weight is 273 g/mol. The third-order valence-corrected chi connectivity index (χ3v) is 2.94. The highest BCUT2D eigenvalue weighted by Gasteiger charge is 2.33. The van der Waals surface area contributed by atoms with E-state index in [-0.39, 0.29) is 23.7 Å². The standard InChI is InChI=1S/C14H18F3NO/c1-3-18-9-10(2)13(19)8-11-6-4-5-7-12(11)14(15,16)17/h4-7,10,18H,3,8-9H2,1-2H3. The molecule has 1 N–H and O–H groups in total. The summed E-state index contributed by atoms with van der Waals surface area (Å²) in [5.74, 6) is -0.473. The lowest BCUT2D eigenvalue weighted by Gasteiger charge is -2.14. The fourth-order valence-electron chi connectivity index (χ4n) is 1.79. The van der Waals surface area contributed by atoms with E-state index in [9.17, 15) is 18.0 Å². The number of ketones is 1. The molecule has 0 aliphatic carbocycles. The summed E-state index contributed by atoms with van der Waals surface area (Å²) >= 11 is 0. The van der Waals surface area contributed by atoms with Gasteiger partial charge in [-0.25, -0.2) is 0 Å². The van der Waals surface area contributed by atoms with Crippen LogP contribution in [0.2, 0.25) is 0 Å². The summed E-state index contributed by atoms with van der Waals surface area (Å²) < 4.78 is 38.3. The van der Waals surface area contributed by atoms with E-state index in [1.165, 1.54) is 18.2 Å². The van der Waals surface area contributed by atoms with E-state index in [1.54, 1.807) is 6.92 Å². The lowest BCUT2D eigenvalue weighted by atomic mass is 9.96. The first-order chi connectivity index (χ1) is 8.86. The molecule has 1 aromatic carbocycles. The normalized spacial score (nSPS) is 13.3. The van der Waals surface area contributed by atoms with Gasteiger partial charge in [-0.3, -0.25) is 4.79 Å². The Hall–Kier alpha value is -1.36. The molecular weight excluding hydrogens is 255 g/mol. The molecule has 1 atom stereocenters. The van der Waals surface area contributed by atoms with E-state index in [4.69, 9.17) is 0 Å². The van der Waals surface area contributed by atoms with Crippen LogP contribution in [-0.4, -0.2) is 18.9 Å². The predicted molar refractivity (Wildman–Crippen MR) is 67.9 cm³/mol. The molecule has 1 aromatic rings. The summed E-state index contributed by atoms with van der Waals surface area (Å²) in [7, 11) is 0. The zero-order valence-electron chi connectivity index (χ0n) is 11.1. The molecule has 0 heterocycles. The van der Waals surface area contributed by atoms with Crippen molar-refractivity contribution in [2.45, 2.75) is 26.4 Å². The monoisotopic (exact) mass is 273 g/mol. The van der Waals surface area contributed by atoms with Gasteiger partial charge in [0.2, 0.25) is 0 Å². The minimum absolute atomic E-state index is 0.0448. The maximum Gasteiger partial charge on any atom is 0.416 e. The highest BCUT2D eigenvalue weighted by molar-refractivity contribution is 5.83. The summed E-state index contributed by atoms with van der Waals surface area (Å²) in [4.78, 5) is 11.9. The van der Waals surface area contributed by atoms with Crippen LogP contribution in [0.5, 0.6) is 0 Å². The summed E-state index contributed by atoms with van der Waals surface area (Å²) in [6.45, 7) is 4.86. The van der Waals surface area contributed by atoms with Crippen LogP contribution in [0.15, 0.2) is 24.3 Å². The summed E-state index contributed by atoms with van der Waals surface area (Å²) in [5, 5.41) is 3.02. The molecule has 0 aromatic heterocycles. The molecule has 0 spiro atoms. The van der Waals surface area contributed by atoms with Gasteiger partial charge in [-0.15, -0.1) is 0 Å². The number of nitrogens with one attached hydrogen (secondary N) is 1. The van der Waals surface area contributed by atoms with Crippen molar-refractivity contribution in [3.05, 3.63) is 35.4 Å². The molecule has 1 rings (SSSR count). The summed E-state index contributed by atoms with van der Waals surface area (Å²) in [6, 6.07) is 5.23. The second-order valence-electron chi connectivity index (χ2n) is 4.51. The van der Waals surface area contributed by atoms with Crippen LogP contribution in [-0.2, 0) is 17.4 Å². The van der Waals surface area contributed by atoms with Crippen molar-refractivity contribution in [3.63, 3.8) is 0 Å². The van der Waals surface area contributed by atoms with Gasteiger partial charge < -0.3 is 5.32 Å². The fourth-order valence-corrected chi connectivity index (χ4v) is 1.79. The van der Waals surface area contributed by atoms with E-state index in [2.05, 4.69) is 5.32 Å². The van der Waals surface area contributed by atoms with Crippen LogP contribution in [0.1, 0.15) is 25.0 Å². The molecule has 1 unspecified atom stereocenters. The number of benzene rings is 1. The Labute approximate surface area is 111 Å². The molecule has 0 saturated carbocycles. The number of carbonyl (C=O) groups is 1. The number of carbonyl (C=O) groups excluding carboxylic acids is 1. The third kappa shape index (κ3) is 4.67. The van der Waals surface area contributed by atoms with Gasteiger partial charge in [0.1, 0.15) is 5.78 Å². The first-order valence-electron chi connectivity index (χ1n) is 6.24. The zero-order chi connectivity index (χ0) is 14.5. The first-order valence-corrected chi connectivity index (χ1v) is 6.24. The Kier molecular flexibility index (Phi) is 5.54. The molecule has 0 radical (unpaired) electrons. The molecular formula is C14H18F3NO. The minimum atomic E-state index is -4.41. The van der Waals surface area contributed by atoms with Gasteiger partial charge in [0.15, 0.2) is 0 Å². The van der Waals surface area contributed by atoms with E-state index in [1.807, 2.05) is 6.92 Å². The van der Waals surface area contributed by atoms with Crippen LogP contribution < -0.4 is 5.32 Å². The van der Waals surface area contributed by atoms with Gasteiger partial charge in [-0.2, -0.15) is 13.2 Å². The quantitative estimate of drug-likeness (QED) is 0.863. The number of hydrogen-bond acceptors (Lipinski definition) is 2. The molecule has 0 amide bonds. The van der Waals surface area contributed by atoms with Gasteiger partial charge in [0, 0.05) is 18.9 Å². The van der Waals surface area contributed by atoms with Crippen LogP contribution in [0.4, 0.5) is 13.2 Å². The van der Waals surface area contributed by atoms with Crippen molar-refractivity contribution in [3.8, 4) is 0 Å². The second kappa shape index (κ2) is 6.70. The molecule has 106 valence electrons. The van der Waals surface area contributed by atoms with Crippen LogP contribution in [0.25, 0.3) is 0 Å². The molecule has 5 heteroatoms. The lowest BCUT2D eigenvalue weighted by Crippen LogP contribution is -2.27. The number of Topliss-reactive ketones (excluding diaryl/α,β-unsaturated/α-hetero) is 1. The van der Waals surface area contributed by atoms with Gasteiger partial charge in [-0.05, 0) is 18.2 Å². The molecule has 0 aliphatic rings. The van der Waals surface area contributed by atoms with E-state index >= 15 is 0 Å². The number of halogens is 3. The summed E-state index contributed by atoms with van der Waals surface area (Å²) in [5.41, 5.74) is -0.678. The molecule has 0 fully saturated rings. The Bertz CT molecular complexity index is 429. The topological polar surface area (TPSA) is 29.1 Å². The second-order valence-corrected chi connectivity index (χ2v) is 4.51. The van der Waals surface area contributed by atoms with E-state index in [0.29, 0.717) is 6.54 Å². The molecule has 0 aliphatic heterocycles. The Morgan fingerprint density at radius 3 is 2.53 bits per heavy atom. The highest BCUT2D eigenvalue weighted by atomic mass is 19.4. The van der Waals surface area contributed by atoms with Gasteiger partial charge in [-0.1, -0.05) is 32.0 Å². The average Bonchev–Trinajstić information content (AvgIpc) is 2.35. The Morgan fingerprint density at radius 2 is 1.95 bits per heavy atom. The van der Waals surface area contributed by atoms with Crippen LogP contribution >= 0.6 is 0 Å². The maximum absolute atomic E-state index is 12.8. The molecule has 19 heavy (non-hydrogen) atoms.